The third-order valence-electron chi connectivity index (χ3n) is 13.2. The zero-order valence-corrected chi connectivity index (χ0v) is 41.8. The quantitative estimate of drug-likeness (QED) is 0.0343. The second-order valence-corrected chi connectivity index (χ2v) is 19.4. The van der Waals surface area contributed by atoms with E-state index < -0.39 is 49.4 Å². The fourth-order valence-corrected chi connectivity index (χ4v) is 8.90. The van der Waals surface area contributed by atoms with Crippen LogP contribution in [-0.2, 0) is 28.5 Å². The molecule has 0 aromatic heterocycles. The Morgan fingerprint density at radius 1 is 0.422 bits per heavy atom. The van der Waals surface area contributed by atoms with Crippen LogP contribution >= 0.6 is 0 Å². The first-order chi connectivity index (χ1) is 31.3. The van der Waals surface area contributed by atoms with Crippen LogP contribution in [0.4, 0.5) is 0 Å². The Bertz CT molecular complexity index is 1010. The minimum absolute atomic E-state index is 0.208. The number of hydrogen-bond acceptors (Lipinski definition) is 10. The van der Waals surface area contributed by atoms with Crippen LogP contribution < -0.4 is 0 Å². The summed E-state index contributed by atoms with van der Waals surface area (Å²) in [5.41, 5.74) is 0. The summed E-state index contributed by atoms with van der Waals surface area (Å²) in [4.78, 5) is 25.5. The van der Waals surface area contributed by atoms with E-state index in [-0.39, 0.29) is 32.0 Å². The maximum Gasteiger partial charge on any atom is 0.306 e. The fraction of sp³-hybridized carbons (Fsp3) is 0.963. The number of esters is 2. The molecule has 0 spiro atoms. The third-order valence-corrected chi connectivity index (χ3v) is 13.2. The number of aliphatic hydroxyl groups excluding tert-OH is 4. The molecule has 0 saturated carbocycles. The van der Waals surface area contributed by atoms with E-state index in [0.717, 1.165) is 32.1 Å². The van der Waals surface area contributed by atoms with Gasteiger partial charge in [-0.05, 0) is 12.8 Å². The van der Waals surface area contributed by atoms with E-state index in [2.05, 4.69) is 13.8 Å². The zero-order chi connectivity index (χ0) is 46.6. The van der Waals surface area contributed by atoms with Crippen molar-refractivity contribution in [1.29, 1.82) is 0 Å². The van der Waals surface area contributed by atoms with Crippen LogP contribution in [0.15, 0.2) is 0 Å². The molecule has 2 unspecified atom stereocenters. The van der Waals surface area contributed by atoms with Gasteiger partial charge < -0.3 is 39.4 Å². The number of rotatable bonds is 48. The summed E-state index contributed by atoms with van der Waals surface area (Å²) < 4.78 is 22.3. The van der Waals surface area contributed by atoms with Gasteiger partial charge >= 0.3 is 11.9 Å². The SMILES string of the molecule is CCCCCCCCCCCCCCCCCCCCCCC(=O)OC[C@@H](CO[C@H]1O[C@@H](CO)[C@@H](O)C(O)C1O)OC(=O)CCCCCCCCCCCCCCCCCCCCC. The predicted octanol–water partition coefficient (Wildman–Crippen LogP) is 13.3. The molecule has 64 heavy (non-hydrogen) atoms. The summed E-state index contributed by atoms with van der Waals surface area (Å²) >= 11 is 0. The molecule has 0 radical (unpaired) electrons. The molecule has 4 N–H and O–H groups in total. The van der Waals surface area contributed by atoms with Gasteiger partial charge in [0.05, 0.1) is 13.2 Å². The molecule has 1 heterocycles. The fourth-order valence-electron chi connectivity index (χ4n) is 8.90. The van der Waals surface area contributed by atoms with E-state index in [4.69, 9.17) is 18.9 Å². The van der Waals surface area contributed by atoms with E-state index in [1.54, 1.807) is 0 Å². The smallest absolute Gasteiger partial charge is 0.306 e. The van der Waals surface area contributed by atoms with Crippen molar-refractivity contribution in [3.63, 3.8) is 0 Å². The van der Waals surface area contributed by atoms with Crippen molar-refractivity contribution in [2.75, 3.05) is 19.8 Å². The Morgan fingerprint density at radius 2 is 0.734 bits per heavy atom. The molecule has 1 fully saturated rings. The Balaban J connectivity index is 2.20. The number of carbonyl (C=O) groups excluding carboxylic acids is 2. The van der Waals surface area contributed by atoms with Crippen LogP contribution in [0.25, 0.3) is 0 Å². The molecule has 1 aliphatic heterocycles. The van der Waals surface area contributed by atoms with E-state index >= 15 is 0 Å². The molecule has 0 amide bonds. The normalized spacial score (nSPS) is 19.2. The second kappa shape index (κ2) is 45.5. The highest BCUT2D eigenvalue weighted by atomic mass is 16.7. The van der Waals surface area contributed by atoms with Gasteiger partial charge in [-0.3, -0.25) is 9.59 Å². The van der Waals surface area contributed by atoms with Crippen LogP contribution in [0.5, 0.6) is 0 Å². The van der Waals surface area contributed by atoms with Gasteiger partial charge in [0, 0.05) is 12.8 Å². The summed E-state index contributed by atoms with van der Waals surface area (Å²) in [5.74, 6) is -0.783. The van der Waals surface area contributed by atoms with Crippen LogP contribution in [0.1, 0.15) is 277 Å². The Morgan fingerprint density at radius 3 is 1.06 bits per heavy atom. The van der Waals surface area contributed by atoms with Crippen molar-refractivity contribution >= 4 is 11.9 Å². The third kappa shape index (κ3) is 35.8. The maximum absolute atomic E-state index is 12.9. The van der Waals surface area contributed by atoms with E-state index in [0.29, 0.717) is 6.42 Å². The molecule has 0 aliphatic carbocycles. The number of unbranched alkanes of at least 4 members (excludes halogenated alkanes) is 37. The topological polar surface area (TPSA) is 152 Å². The summed E-state index contributed by atoms with van der Waals surface area (Å²) in [7, 11) is 0. The highest BCUT2D eigenvalue weighted by molar-refractivity contribution is 5.70. The number of aliphatic hydroxyl groups is 4. The number of ether oxygens (including phenoxy) is 4. The van der Waals surface area contributed by atoms with Gasteiger partial charge in [0.1, 0.15) is 31.0 Å². The lowest BCUT2D eigenvalue weighted by molar-refractivity contribution is -0.305. The van der Waals surface area contributed by atoms with Crippen LogP contribution in [0.3, 0.4) is 0 Å². The first kappa shape index (κ1) is 60.7. The number of carbonyl (C=O) groups is 2. The summed E-state index contributed by atoms with van der Waals surface area (Å²) in [5, 5.41) is 40.3. The zero-order valence-electron chi connectivity index (χ0n) is 41.8. The molecular formula is C54H104O10. The highest BCUT2D eigenvalue weighted by Crippen LogP contribution is 2.23. The molecule has 1 rings (SSSR count). The molecule has 1 saturated heterocycles. The van der Waals surface area contributed by atoms with Gasteiger partial charge in [-0.2, -0.15) is 0 Å². The Labute approximate surface area is 393 Å². The van der Waals surface area contributed by atoms with Gasteiger partial charge in [-0.15, -0.1) is 0 Å². The molecule has 6 atom stereocenters. The van der Waals surface area contributed by atoms with Crippen molar-refractivity contribution < 1.29 is 49.0 Å². The monoisotopic (exact) mass is 913 g/mol. The lowest BCUT2D eigenvalue weighted by atomic mass is 9.99. The lowest BCUT2D eigenvalue weighted by Gasteiger charge is -2.39. The van der Waals surface area contributed by atoms with Crippen molar-refractivity contribution in [2.45, 2.75) is 314 Å². The van der Waals surface area contributed by atoms with E-state index in [1.165, 1.54) is 212 Å². The van der Waals surface area contributed by atoms with Crippen LogP contribution in [0, 0.1) is 0 Å². The standard InChI is InChI=1S/C54H104O10/c1-3-5-7-9-11-13-15-17-19-21-23-25-26-28-30-32-34-36-38-40-42-49(56)61-45-47(46-62-54-53(60)52(59)51(58)48(44-55)64-54)63-50(57)43-41-39-37-35-33-31-29-27-24-22-20-18-16-14-12-10-8-6-4-2/h47-48,51-55,58-60H,3-46H2,1-2H3/t47-,48-,51+,52?,53?,54-/m0/s1. The molecule has 10 nitrogen and oxygen atoms in total. The van der Waals surface area contributed by atoms with Gasteiger partial charge in [-0.25, -0.2) is 0 Å². The predicted molar refractivity (Wildman–Crippen MR) is 261 cm³/mol. The van der Waals surface area contributed by atoms with Gasteiger partial charge in [0.15, 0.2) is 12.4 Å². The summed E-state index contributed by atoms with van der Waals surface area (Å²) in [6.45, 7) is 3.49. The molecule has 0 aromatic rings. The first-order valence-electron chi connectivity index (χ1n) is 27.6. The molecule has 1 aliphatic rings. The summed E-state index contributed by atoms with van der Waals surface area (Å²) in [6.07, 6.45) is 42.6. The van der Waals surface area contributed by atoms with E-state index in [1.807, 2.05) is 0 Å². The van der Waals surface area contributed by atoms with Crippen molar-refractivity contribution in [3.8, 4) is 0 Å². The molecule has 380 valence electrons. The van der Waals surface area contributed by atoms with Crippen LogP contribution in [0.2, 0.25) is 0 Å². The summed E-state index contributed by atoms with van der Waals surface area (Å²) in [6, 6.07) is 0. The van der Waals surface area contributed by atoms with Crippen molar-refractivity contribution in [1.82, 2.24) is 0 Å². The van der Waals surface area contributed by atoms with Crippen molar-refractivity contribution in [3.05, 3.63) is 0 Å². The first-order valence-corrected chi connectivity index (χ1v) is 27.6. The van der Waals surface area contributed by atoms with Crippen LogP contribution in [-0.4, -0.2) is 89.0 Å². The Hall–Kier alpha value is -1.30. The van der Waals surface area contributed by atoms with Gasteiger partial charge in [-0.1, -0.05) is 251 Å². The van der Waals surface area contributed by atoms with Gasteiger partial charge in [0.2, 0.25) is 0 Å². The molecule has 10 heteroatoms. The number of hydrogen-bond donors (Lipinski definition) is 4. The van der Waals surface area contributed by atoms with Gasteiger partial charge in [0.25, 0.3) is 0 Å². The minimum atomic E-state index is -1.59. The second-order valence-electron chi connectivity index (χ2n) is 19.4. The minimum Gasteiger partial charge on any atom is -0.462 e. The van der Waals surface area contributed by atoms with E-state index in [9.17, 15) is 30.0 Å². The Kier molecular flexibility index (Phi) is 43.1. The highest BCUT2D eigenvalue weighted by Gasteiger charge is 2.44. The average Bonchev–Trinajstić information content (AvgIpc) is 3.29. The lowest BCUT2D eigenvalue weighted by Crippen LogP contribution is -2.59. The van der Waals surface area contributed by atoms with Crippen molar-refractivity contribution in [2.24, 2.45) is 0 Å². The molecular weight excluding hydrogens is 809 g/mol. The largest absolute Gasteiger partial charge is 0.462 e. The average molecular weight is 913 g/mol. The maximum atomic E-state index is 12.9. The molecule has 0 aromatic carbocycles. The molecule has 0 bridgehead atoms.